The van der Waals surface area contributed by atoms with Crippen LogP contribution in [-0.2, 0) is 44.6 Å². The van der Waals surface area contributed by atoms with Gasteiger partial charge in [-0.15, -0.1) is 0 Å². The summed E-state index contributed by atoms with van der Waals surface area (Å²) in [6.45, 7) is 11.4. The van der Waals surface area contributed by atoms with E-state index in [0.717, 1.165) is 5.56 Å². The first-order valence-corrected chi connectivity index (χ1v) is 12.4. The number of rotatable bonds is 8. The Labute approximate surface area is 211 Å². The van der Waals surface area contributed by atoms with Crippen molar-refractivity contribution in [3.63, 3.8) is 0 Å². The zero-order chi connectivity index (χ0) is 26.1. The molecule has 1 N–H and O–H groups in total. The Morgan fingerprint density at radius 3 is 2.39 bits per heavy atom. The van der Waals surface area contributed by atoms with Crippen LogP contribution in [0.5, 0.6) is 0 Å². The minimum Gasteiger partial charge on any atom is -0.455 e. The highest BCUT2D eigenvalue weighted by Crippen LogP contribution is 2.42. The lowest BCUT2D eigenvalue weighted by molar-refractivity contribution is -0.235. The fraction of sp³-hybridized carbons (Fsp3) is 0.692. The fourth-order valence-electron chi connectivity index (χ4n) is 4.62. The number of esters is 1. The van der Waals surface area contributed by atoms with Gasteiger partial charge in [0, 0.05) is 0 Å². The molecule has 3 heterocycles. The van der Waals surface area contributed by atoms with E-state index in [-0.39, 0.29) is 19.1 Å². The second-order valence-electron chi connectivity index (χ2n) is 10.7. The number of alkyl carbamates (subject to hydrolysis) is 1. The summed E-state index contributed by atoms with van der Waals surface area (Å²) in [4.78, 5) is 25.9. The van der Waals surface area contributed by atoms with E-state index in [1.807, 2.05) is 58.0 Å². The number of benzene rings is 1. The van der Waals surface area contributed by atoms with Crippen molar-refractivity contribution in [1.82, 2.24) is 5.32 Å². The van der Waals surface area contributed by atoms with Crippen LogP contribution in [0.4, 0.5) is 4.79 Å². The maximum Gasteiger partial charge on any atom is 0.408 e. The molecule has 1 amide bonds. The molecule has 0 bridgehead atoms. The average Bonchev–Trinajstić information content (AvgIpc) is 3.41. The summed E-state index contributed by atoms with van der Waals surface area (Å²) in [5, 5.41) is 2.66. The summed E-state index contributed by atoms with van der Waals surface area (Å²) in [6, 6.07) is 8.39. The molecule has 10 heteroatoms. The smallest absolute Gasteiger partial charge is 0.408 e. The summed E-state index contributed by atoms with van der Waals surface area (Å²) in [5.41, 5.74) is 0.843. The van der Waals surface area contributed by atoms with Crippen LogP contribution in [-0.4, -0.2) is 67.0 Å². The lowest BCUT2D eigenvalue weighted by atomic mass is 10.0. The third kappa shape index (κ3) is 6.54. The van der Waals surface area contributed by atoms with Crippen LogP contribution in [0.2, 0.25) is 0 Å². The van der Waals surface area contributed by atoms with Crippen LogP contribution < -0.4 is 5.32 Å². The minimum absolute atomic E-state index is 0.0908. The van der Waals surface area contributed by atoms with Gasteiger partial charge in [0.2, 0.25) is 0 Å². The van der Waals surface area contributed by atoms with Gasteiger partial charge in [0.05, 0.1) is 6.61 Å². The summed E-state index contributed by atoms with van der Waals surface area (Å²) in [7, 11) is 0. The molecule has 0 spiro atoms. The van der Waals surface area contributed by atoms with Crippen LogP contribution in [0.25, 0.3) is 0 Å². The van der Waals surface area contributed by atoms with Crippen molar-refractivity contribution in [2.75, 3.05) is 6.61 Å². The van der Waals surface area contributed by atoms with Gasteiger partial charge in [-0.25, -0.2) is 9.59 Å². The molecule has 1 aromatic rings. The van der Waals surface area contributed by atoms with Crippen molar-refractivity contribution in [1.29, 1.82) is 0 Å². The van der Waals surface area contributed by atoms with E-state index in [1.165, 1.54) is 0 Å². The fourth-order valence-corrected chi connectivity index (χ4v) is 4.62. The number of nitrogens with one attached hydrogen (secondary N) is 1. The minimum atomic E-state index is -0.916. The number of carbonyl (C=O) groups excluding carboxylic acids is 2. The number of ether oxygens (including phenoxy) is 7. The predicted octanol–water partition coefficient (Wildman–Crippen LogP) is 3.27. The number of carbonyl (C=O) groups is 2. The second kappa shape index (κ2) is 10.6. The second-order valence-corrected chi connectivity index (χ2v) is 10.7. The highest BCUT2D eigenvalue weighted by molar-refractivity contribution is 5.81. The Balaban J connectivity index is 1.44. The predicted molar refractivity (Wildman–Crippen MR) is 126 cm³/mol. The first-order valence-electron chi connectivity index (χ1n) is 12.4. The number of hydrogen-bond donors (Lipinski definition) is 1. The Kier molecular flexibility index (Phi) is 7.92. The highest BCUT2D eigenvalue weighted by Gasteiger charge is 2.60. The standard InChI is InChI=1S/C26H37NO9/c1-15(2)12-17(27-24(29)30-13-16-10-8-7-9-11-16)22(28)32-20-19(18-14-31-25(3,4)34-18)33-23-21(20)35-26(5,6)36-23/h7-11,15,17-21,23H,12-14H2,1-6H3,(H,27,29)/t17-,18+,19+,20-,21-,23+/m0/s1. The molecule has 3 saturated heterocycles. The van der Waals surface area contributed by atoms with Crippen LogP contribution >= 0.6 is 0 Å². The average molecular weight is 508 g/mol. The van der Waals surface area contributed by atoms with Gasteiger partial charge in [0.15, 0.2) is 30.1 Å². The van der Waals surface area contributed by atoms with Gasteiger partial charge in [0.1, 0.15) is 24.9 Å². The molecule has 0 radical (unpaired) electrons. The van der Waals surface area contributed by atoms with Gasteiger partial charge in [-0.3, -0.25) is 0 Å². The molecule has 0 unspecified atom stereocenters. The van der Waals surface area contributed by atoms with Crippen LogP contribution in [0.1, 0.15) is 53.5 Å². The Morgan fingerprint density at radius 2 is 1.75 bits per heavy atom. The maximum absolute atomic E-state index is 13.4. The first-order chi connectivity index (χ1) is 16.9. The molecule has 200 valence electrons. The SMILES string of the molecule is CC(C)C[C@H](NC(=O)OCc1ccccc1)C(=O)O[C@@H]1[C@@H]2OC(C)(C)O[C@H]2O[C@@H]1[C@H]1COC(C)(C)O1. The largest absolute Gasteiger partial charge is 0.455 e. The molecule has 3 fully saturated rings. The molecule has 0 saturated carbocycles. The van der Waals surface area contributed by atoms with Crippen LogP contribution in [0.3, 0.4) is 0 Å². The van der Waals surface area contributed by atoms with Crippen LogP contribution in [0.15, 0.2) is 30.3 Å². The Hall–Kier alpha value is -2.24. The molecule has 10 nitrogen and oxygen atoms in total. The van der Waals surface area contributed by atoms with E-state index < -0.39 is 60.4 Å². The van der Waals surface area contributed by atoms with E-state index in [9.17, 15) is 9.59 Å². The lowest BCUT2D eigenvalue weighted by Gasteiger charge is -2.30. The van der Waals surface area contributed by atoms with Gasteiger partial charge in [-0.2, -0.15) is 0 Å². The Bertz CT molecular complexity index is 919. The van der Waals surface area contributed by atoms with Crippen molar-refractivity contribution in [2.45, 2.75) is 103 Å². The van der Waals surface area contributed by atoms with Crippen molar-refractivity contribution in [3.05, 3.63) is 35.9 Å². The summed E-state index contributed by atoms with van der Waals surface area (Å²) >= 11 is 0. The van der Waals surface area contributed by atoms with E-state index in [0.29, 0.717) is 6.42 Å². The van der Waals surface area contributed by atoms with E-state index >= 15 is 0 Å². The zero-order valence-corrected chi connectivity index (χ0v) is 21.7. The van der Waals surface area contributed by atoms with Gasteiger partial charge < -0.3 is 38.5 Å². The summed E-state index contributed by atoms with van der Waals surface area (Å²) in [5.74, 6) is -2.18. The monoisotopic (exact) mass is 507 g/mol. The first kappa shape index (κ1) is 26.8. The molecule has 4 rings (SSSR count). The number of hydrogen-bond acceptors (Lipinski definition) is 9. The summed E-state index contributed by atoms with van der Waals surface area (Å²) in [6.07, 6.45) is -3.66. The topological polar surface area (TPSA) is 111 Å². The molecule has 0 aliphatic carbocycles. The van der Waals surface area contributed by atoms with Gasteiger partial charge in [-0.05, 0) is 45.6 Å². The zero-order valence-electron chi connectivity index (χ0n) is 21.7. The van der Waals surface area contributed by atoms with Gasteiger partial charge in [-0.1, -0.05) is 44.2 Å². The molecule has 36 heavy (non-hydrogen) atoms. The van der Waals surface area contributed by atoms with Crippen molar-refractivity contribution < 1.29 is 42.7 Å². The lowest BCUT2D eigenvalue weighted by Crippen LogP contribution is -2.49. The van der Waals surface area contributed by atoms with E-state index in [2.05, 4.69) is 5.32 Å². The van der Waals surface area contributed by atoms with Crippen LogP contribution in [0, 0.1) is 5.92 Å². The van der Waals surface area contributed by atoms with E-state index in [4.69, 9.17) is 33.2 Å². The van der Waals surface area contributed by atoms with Gasteiger partial charge >= 0.3 is 12.1 Å². The quantitative estimate of drug-likeness (QED) is 0.530. The normalized spacial score (nSPS) is 31.1. The molecule has 1 aromatic carbocycles. The molecule has 0 aromatic heterocycles. The molecular formula is C26H37NO9. The molecular weight excluding hydrogens is 470 g/mol. The molecule has 6 atom stereocenters. The highest BCUT2D eigenvalue weighted by atomic mass is 16.8. The Morgan fingerprint density at radius 1 is 1.03 bits per heavy atom. The third-order valence-corrected chi connectivity index (χ3v) is 6.17. The third-order valence-electron chi connectivity index (χ3n) is 6.17. The number of amides is 1. The molecule has 3 aliphatic heterocycles. The van der Waals surface area contributed by atoms with Crippen molar-refractivity contribution in [3.8, 4) is 0 Å². The van der Waals surface area contributed by atoms with Gasteiger partial charge in [0.25, 0.3) is 0 Å². The van der Waals surface area contributed by atoms with E-state index in [1.54, 1.807) is 13.8 Å². The van der Waals surface area contributed by atoms with Crippen molar-refractivity contribution in [2.24, 2.45) is 5.92 Å². The molecule has 3 aliphatic rings. The maximum atomic E-state index is 13.4. The number of fused-ring (bicyclic) bond motifs is 1. The summed E-state index contributed by atoms with van der Waals surface area (Å²) < 4.78 is 41.0. The van der Waals surface area contributed by atoms with Crippen molar-refractivity contribution >= 4 is 12.1 Å².